The molecule has 0 saturated carbocycles. The lowest BCUT2D eigenvalue weighted by atomic mass is 10.2. The molecule has 0 aliphatic carbocycles. The van der Waals surface area contributed by atoms with E-state index < -0.39 is 0 Å². The summed E-state index contributed by atoms with van der Waals surface area (Å²) in [4.78, 5) is 4.09. The van der Waals surface area contributed by atoms with Crippen LogP contribution in [0.15, 0.2) is 41.1 Å². The molecule has 94 valence electrons. The van der Waals surface area contributed by atoms with E-state index in [0.717, 1.165) is 27.1 Å². The van der Waals surface area contributed by atoms with Gasteiger partial charge in [-0.2, -0.15) is 0 Å². The van der Waals surface area contributed by atoms with Crippen molar-refractivity contribution >= 4 is 15.9 Å². The Morgan fingerprint density at radius 2 is 1.89 bits per heavy atom. The van der Waals surface area contributed by atoms with E-state index in [4.69, 9.17) is 9.47 Å². The van der Waals surface area contributed by atoms with Gasteiger partial charge in [0.1, 0.15) is 18.1 Å². The molecule has 1 aromatic carbocycles. The lowest BCUT2D eigenvalue weighted by Gasteiger charge is -2.10. The van der Waals surface area contributed by atoms with Crippen molar-refractivity contribution in [2.45, 2.75) is 13.5 Å². The van der Waals surface area contributed by atoms with Crippen LogP contribution in [0.5, 0.6) is 11.5 Å². The quantitative estimate of drug-likeness (QED) is 0.862. The van der Waals surface area contributed by atoms with Crippen molar-refractivity contribution in [3.05, 3.63) is 52.3 Å². The molecule has 0 amide bonds. The van der Waals surface area contributed by atoms with Crippen molar-refractivity contribution in [3.63, 3.8) is 0 Å². The highest BCUT2D eigenvalue weighted by molar-refractivity contribution is 9.10. The maximum atomic E-state index is 5.74. The minimum Gasteiger partial charge on any atom is -0.497 e. The third-order valence-corrected chi connectivity index (χ3v) is 3.46. The van der Waals surface area contributed by atoms with Gasteiger partial charge in [0.15, 0.2) is 0 Å². The van der Waals surface area contributed by atoms with Gasteiger partial charge in [0, 0.05) is 16.2 Å². The van der Waals surface area contributed by atoms with Gasteiger partial charge in [0.2, 0.25) is 0 Å². The lowest BCUT2D eigenvalue weighted by molar-refractivity contribution is 0.302. The zero-order chi connectivity index (χ0) is 13.0. The molecular weight excluding hydrogens is 294 g/mol. The zero-order valence-corrected chi connectivity index (χ0v) is 11.9. The number of aromatic nitrogens is 1. The summed E-state index contributed by atoms with van der Waals surface area (Å²) >= 11 is 3.43. The molecule has 2 rings (SSSR count). The first-order valence-electron chi connectivity index (χ1n) is 5.56. The third-order valence-electron chi connectivity index (χ3n) is 2.66. The molecule has 2 aromatic rings. The van der Waals surface area contributed by atoms with Gasteiger partial charge in [0.25, 0.3) is 0 Å². The van der Waals surface area contributed by atoms with Gasteiger partial charge in [-0.1, -0.05) is 12.1 Å². The molecule has 1 heterocycles. The topological polar surface area (TPSA) is 31.4 Å². The number of rotatable bonds is 4. The summed E-state index contributed by atoms with van der Waals surface area (Å²) in [7, 11) is 1.65. The SMILES string of the molecule is COc1ccc(COc2cncc(Br)c2C)cc1. The van der Waals surface area contributed by atoms with E-state index in [1.54, 1.807) is 19.5 Å². The van der Waals surface area contributed by atoms with Crippen LogP contribution in [0.2, 0.25) is 0 Å². The number of nitrogens with zero attached hydrogens (tertiary/aromatic N) is 1. The first kappa shape index (κ1) is 12.9. The highest BCUT2D eigenvalue weighted by Crippen LogP contribution is 2.24. The first-order valence-corrected chi connectivity index (χ1v) is 6.36. The Kier molecular flexibility index (Phi) is 4.20. The van der Waals surface area contributed by atoms with Crippen LogP contribution in [0.4, 0.5) is 0 Å². The zero-order valence-electron chi connectivity index (χ0n) is 10.3. The number of methoxy groups -OCH3 is 1. The monoisotopic (exact) mass is 307 g/mol. The number of hydrogen-bond acceptors (Lipinski definition) is 3. The second-order valence-corrected chi connectivity index (χ2v) is 4.74. The minimum absolute atomic E-state index is 0.517. The third kappa shape index (κ3) is 3.01. The lowest BCUT2D eigenvalue weighted by Crippen LogP contribution is -1.98. The fourth-order valence-electron chi connectivity index (χ4n) is 1.51. The fraction of sp³-hybridized carbons (Fsp3) is 0.214. The van der Waals surface area contributed by atoms with Crippen LogP contribution in [0.3, 0.4) is 0 Å². The van der Waals surface area contributed by atoms with Gasteiger partial charge in [-0.05, 0) is 40.5 Å². The molecule has 1 aromatic heterocycles. The Hall–Kier alpha value is -1.55. The van der Waals surface area contributed by atoms with Crippen LogP contribution >= 0.6 is 15.9 Å². The second-order valence-electron chi connectivity index (χ2n) is 3.88. The van der Waals surface area contributed by atoms with Gasteiger partial charge < -0.3 is 9.47 Å². The second kappa shape index (κ2) is 5.87. The molecule has 0 radical (unpaired) electrons. The molecule has 0 unspecified atom stereocenters. The number of ether oxygens (including phenoxy) is 2. The van der Waals surface area contributed by atoms with Crippen LogP contribution in [0.1, 0.15) is 11.1 Å². The summed E-state index contributed by atoms with van der Waals surface area (Å²) in [5, 5.41) is 0. The maximum Gasteiger partial charge on any atom is 0.142 e. The molecule has 0 fully saturated rings. The molecule has 0 saturated heterocycles. The first-order chi connectivity index (χ1) is 8.70. The maximum absolute atomic E-state index is 5.74. The number of benzene rings is 1. The van der Waals surface area contributed by atoms with Crippen LogP contribution in [-0.2, 0) is 6.61 Å². The fourth-order valence-corrected chi connectivity index (χ4v) is 1.82. The molecular formula is C14H14BrNO2. The Morgan fingerprint density at radius 1 is 1.17 bits per heavy atom. The standard InChI is InChI=1S/C14H14BrNO2/c1-10-13(15)7-16-8-14(10)18-9-11-3-5-12(17-2)6-4-11/h3-8H,9H2,1-2H3. The highest BCUT2D eigenvalue weighted by atomic mass is 79.9. The van der Waals surface area contributed by atoms with E-state index in [2.05, 4.69) is 20.9 Å². The van der Waals surface area contributed by atoms with Gasteiger partial charge in [0.05, 0.1) is 13.3 Å². The van der Waals surface area contributed by atoms with Crippen molar-refractivity contribution in [2.24, 2.45) is 0 Å². The number of halogens is 1. The highest BCUT2D eigenvalue weighted by Gasteiger charge is 2.04. The van der Waals surface area contributed by atoms with Gasteiger partial charge in [-0.15, -0.1) is 0 Å². The smallest absolute Gasteiger partial charge is 0.142 e. The molecule has 0 N–H and O–H groups in total. The Morgan fingerprint density at radius 3 is 2.56 bits per heavy atom. The summed E-state index contributed by atoms with van der Waals surface area (Å²) in [6.45, 7) is 2.51. The summed E-state index contributed by atoms with van der Waals surface area (Å²) in [5.41, 5.74) is 2.15. The van der Waals surface area contributed by atoms with Crippen molar-refractivity contribution in [3.8, 4) is 11.5 Å². The Bertz CT molecular complexity index is 526. The van der Waals surface area contributed by atoms with Gasteiger partial charge in [-0.25, -0.2) is 0 Å². The molecule has 0 aliphatic rings. The van der Waals surface area contributed by atoms with Gasteiger partial charge >= 0.3 is 0 Å². The normalized spacial score (nSPS) is 10.2. The number of pyridine rings is 1. The summed E-state index contributed by atoms with van der Waals surface area (Å²) in [6, 6.07) is 7.81. The molecule has 4 heteroatoms. The Balaban J connectivity index is 2.04. The van der Waals surface area contributed by atoms with Crippen LogP contribution in [0, 0.1) is 6.92 Å². The van der Waals surface area contributed by atoms with E-state index in [-0.39, 0.29) is 0 Å². The van der Waals surface area contributed by atoms with E-state index in [1.165, 1.54) is 0 Å². The molecule has 0 bridgehead atoms. The average Bonchev–Trinajstić information content (AvgIpc) is 2.41. The summed E-state index contributed by atoms with van der Waals surface area (Å²) in [6.07, 6.45) is 3.49. The van der Waals surface area contributed by atoms with E-state index in [9.17, 15) is 0 Å². The largest absolute Gasteiger partial charge is 0.497 e. The Labute approximate surface area is 115 Å². The van der Waals surface area contributed by atoms with Crippen LogP contribution in [0.25, 0.3) is 0 Å². The minimum atomic E-state index is 0.517. The molecule has 18 heavy (non-hydrogen) atoms. The van der Waals surface area contributed by atoms with Gasteiger partial charge in [-0.3, -0.25) is 4.98 Å². The van der Waals surface area contributed by atoms with E-state index >= 15 is 0 Å². The molecule has 3 nitrogen and oxygen atoms in total. The summed E-state index contributed by atoms with van der Waals surface area (Å²) in [5.74, 6) is 1.64. The number of hydrogen-bond donors (Lipinski definition) is 0. The van der Waals surface area contributed by atoms with Crippen LogP contribution < -0.4 is 9.47 Å². The van der Waals surface area contributed by atoms with Crippen molar-refractivity contribution in [1.82, 2.24) is 4.98 Å². The molecule has 0 aliphatic heterocycles. The van der Waals surface area contributed by atoms with Crippen LogP contribution in [-0.4, -0.2) is 12.1 Å². The average molecular weight is 308 g/mol. The van der Waals surface area contributed by atoms with Crippen molar-refractivity contribution < 1.29 is 9.47 Å². The van der Waals surface area contributed by atoms with E-state index in [0.29, 0.717) is 6.61 Å². The molecule has 0 atom stereocenters. The van der Waals surface area contributed by atoms with Crippen molar-refractivity contribution in [1.29, 1.82) is 0 Å². The predicted octanol–water partition coefficient (Wildman–Crippen LogP) is 3.74. The molecule has 0 spiro atoms. The van der Waals surface area contributed by atoms with Crippen molar-refractivity contribution in [2.75, 3.05) is 7.11 Å². The summed E-state index contributed by atoms with van der Waals surface area (Å²) < 4.78 is 11.8. The van der Waals surface area contributed by atoms with E-state index in [1.807, 2.05) is 31.2 Å². The predicted molar refractivity (Wildman–Crippen MR) is 74.0 cm³/mol.